The molecule has 0 radical (unpaired) electrons. The summed E-state index contributed by atoms with van der Waals surface area (Å²) in [6.45, 7) is 0.633. The van der Waals surface area contributed by atoms with Crippen LogP contribution in [-0.4, -0.2) is 35.2 Å². The molecule has 3 aliphatic rings. The van der Waals surface area contributed by atoms with Crippen molar-refractivity contribution in [3.05, 3.63) is 102 Å². The predicted molar refractivity (Wildman–Crippen MR) is 133 cm³/mol. The molecule has 4 heterocycles. The molecule has 0 saturated heterocycles. The van der Waals surface area contributed by atoms with Gasteiger partial charge in [0.2, 0.25) is 12.7 Å². The van der Waals surface area contributed by atoms with Crippen molar-refractivity contribution in [1.82, 2.24) is 9.97 Å². The van der Waals surface area contributed by atoms with E-state index in [9.17, 15) is 9.59 Å². The Morgan fingerprint density at radius 2 is 1.81 bits per heavy atom. The van der Waals surface area contributed by atoms with Crippen molar-refractivity contribution in [2.75, 3.05) is 23.6 Å². The van der Waals surface area contributed by atoms with Crippen molar-refractivity contribution in [3.63, 3.8) is 0 Å². The largest absolute Gasteiger partial charge is 0.491 e. The molecule has 1 aromatic heterocycles. The number of nitrogens with one attached hydrogen (secondary N) is 1. The van der Waals surface area contributed by atoms with Crippen molar-refractivity contribution in [3.8, 4) is 17.2 Å². The van der Waals surface area contributed by atoms with E-state index in [4.69, 9.17) is 14.2 Å². The maximum Gasteiger partial charge on any atom is 0.256 e. The van der Waals surface area contributed by atoms with Crippen molar-refractivity contribution in [2.45, 2.75) is 12.0 Å². The summed E-state index contributed by atoms with van der Waals surface area (Å²) in [4.78, 5) is 36.7. The predicted octanol–water partition coefficient (Wildman–Crippen LogP) is 3.68. The number of hydrogen-bond donors (Lipinski definition) is 1. The monoisotopic (exact) mass is 492 g/mol. The zero-order valence-corrected chi connectivity index (χ0v) is 19.5. The minimum atomic E-state index is -0.977. The van der Waals surface area contributed by atoms with Gasteiger partial charge in [-0.3, -0.25) is 9.59 Å². The van der Waals surface area contributed by atoms with Gasteiger partial charge in [-0.25, -0.2) is 9.97 Å². The number of anilines is 2. The zero-order valence-electron chi connectivity index (χ0n) is 19.5. The minimum absolute atomic E-state index is 0.0813. The molecule has 2 amide bonds. The molecule has 1 atom stereocenters. The van der Waals surface area contributed by atoms with E-state index in [1.807, 2.05) is 36.4 Å². The Balaban J connectivity index is 1.23. The van der Waals surface area contributed by atoms with Crippen LogP contribution >= 0.6 is 0 Å². The number of rotatable bonds is 4. The van der Waals surface area contributed by atoms with Crippen LogP contribution in [0.25, 0.3) is 0 Å². The first-order chi connectivity index (χ1) is 18.1. The average molecular weight is 492 g/mol. The fourth-order valence-electron chi connectivity index (χ4n) is 5.27. The van der Waals surface area contributed by atoms with Crippen LogP contribution in [0.5, 0.6) is 17.2 Å². The molecule has 0 aliphatic carbocycles. The number of benzene rings is 3. The van der Waals surface area contributed by atoms with Crippen LogP contribution in [0.4, 0.5) is 11.5 Å². The van der Waals surface area contributed by atoms with Crippen molar-refractivity contribution < 1.29 is 23.8 Å². The van der Waals surface area contributed by atoms with Crippen LogP contribution in [0.1, 0.15) is 27.0 Å². The maximum atomic E-state index is 14.2. The Bertz CT molecular complexity index is 1570. The van der Waals surface area contributed by atoms with E-state index in [2.05, 4.69) is 15.3 Å². The van der Waals surface area contributed by atoms with E-state index >= 15 is 0 Å². The topological polar surface area (TPSA) is 103 Å². The molecule has 0 bridgehead atoms. The van der Waals surface area contributed by atoms with Gasteiger partial charge in [0.15, 0.2) is 11.5 Å². The summed E-state index contributed by atoms with van der Waals surface area (Å²) in [7, 11) is 0. The van der Waals surface area contributed by atoms with Gasteiger partial charge in [0.1, 0.15) is 29.9 Å². The normalized spacial score (nSPS) is 18.5. The van der Waals surface area contributed by atoms with E-state index in [0.717, 1.165) is 22.4 Å². The lowest BCUT2D eigenvalue weighted by Gasteiger charge is -2.23. The lowest BCUT2D eigenvalue weighted by molar-refractivity contribution is -0.122. The molecule has 7 rings (SSSR count). The quantitative estimate of drug-likeness (QED) is 0.464. The van der Waals surface area contributed by atoms with Gasteiger partial charge in [-0.05, 0) is 41.5 Å². The maximum absolute atomic E-state index is 14.2. The lowest BCUT2D eigenvalue weighted by atomic mass is 9.77. The summed E-state index contributed by atoms with van der Waals surface area (Å²) in [5.41, 5.74) is 2.78. The van der Waals surface area contributed by atoms with Crippen molar-refractivity contribution in [2.24, 2.45) is 0 Å². The number of para-hydroxylation sites is 1. The first kappa shape index (κ1) is 21.4. The van der Waals surface area contributed by atoms with Gasteiger partial charge in [-0.1, -0.05) is 30.3 Å². The number of carbonyl (C=O) groups is 2. The summed E-state index contributed by atoms with van der Waals surface area (Å²) >= 11 is 0. The van der Waals surface area contributed by atoms with Crippen LogP contribution in [0.2, 0.25) is 0 Å². The molecular weight excluding hydrogens is 472 g/mol. The number of fused-ring (bicyclic) bond motifs is 5. The number of ether oxygens (including phenoxy) is 3. The Labute approximate surface area is 211 Å². The van der Waals surface area contributed by atoms with Gasteiger partial charge in [0, 0.05) is 29.1 Å². The first-order valence-corrected chi connectivity index (χ1v) is 11.8. The minimum Gasteiger partial charge on any atom is -0.491 e. The second kappa shape index (κ2) is 8.06. The summed E-state index contributed by atoms with van der Waals surface area (Å²) in [6.07, 6.45) is 2.93. The third-order valence-electron chi connectivity index (χ3n) is 7.00. The standard InChI is InChI=1S/C28H20N4O5/c33-26(31-25-8-9-29-15-30-25)18-5-3-4-17(10-18)13-32-21-7-2-1-6-19(21)28(27(32)34)14-35-22-12-24-23(11-20(22)28)36-16-37-24/h1-12,15H,13-14,16H2,(H,29,30,31,33). The highest BCUT2D eigenvalue weighted by Crippen LogP contribution is 2.55. The lowest BCUT2D eigenvalue weighted by Crippen LogP contribution is -2.42. The van der Waals surface area contributed by atoms with Crippen molar-refractivity contribution >= 4 is 23.3 Å². The first-order valence-electron chi connectivity index (χ1n) is 11.8. The molecular formula is C28H20N4O5. The molecule has 182 valence electrons. The third kappa shape index (κ3) is 3.24. The van der Waals surface area contributed by atoms with Crippen LogP contribution in [-0.2, 0) is 16.8 Å². The smallest absolute Gasteiger partial charge is 0.256 e. The number of aromatic nitrogens is 2. The molecule has 3 aliphatic heterocycles. The fourth-order valence-corrected chi connectivity index (χ4v) is 5.27. The van der Waals surface area contributed by atoms with Gasteiger partial charge < -0.3 is 24.4 Å². The molecule has 4 aromatic rings. The van der Waals surface area contributed by atoms with Crippen LogP contribution in [0, 0.1) is 0 Å². The molecule has 3 aromatic carbocycles. The fraction of sp³-hybridized carbons (Fsp3) is 0.143. The zero-order chi connectivity index (χ0) is 25.0. The van der Waals surface area contributed by atoms with Gasteiger partial charge in [0.25, 0.3) is 5.91 Å². The molecule has 1 unspecified atom stereocenters. The highest BCUT2D eigenvalue weighted by Gasteiger charge is 2.57. The second-order valence-corrected chi connectivity index (χ2v) is 9.05. The number of hydrogen-bond acceptors (Lipinski definition) is 7. The van der Waals surface area contributed by atoms with E-state index in [1.54, 1.807) is 41.4 Å². The Morgan fingerprint density at radius 3 is 2.68 bits per heavy atom. The SMILES string of the molecule is O=C(Nc1ccncn1)c1cccc(CN2C(=O)C3(COc4cc5c(cc43)OCO5)c3ccccc32)c1. The van der Waals surface area contributed by atoms with Crippen LogP contribution < -0.4 is 24.4 Å². The molecule has 1 spiro atoms. The van der Waals surface area contributed by atoms with E-state index in [0.29, 0.717) is 35.2 Å². The van der Waals surface area contributed by atoms with E-state index in [1.165, 1.54) is 6.33 Å². The van der Waals surface area contributed by atoms with E-state index in [-0.39, 0.29) is 25.2 Å². The Kier molecular flexibility index (Phi) is 4.65. The van der Waals surface area contributed by atoms with Crippen LogP contribution in [0.3, 0.4) is 0 Å². The second-order valence-electron chi connectivity index (χ2n) is 9.05. The molecule has 0 fully saturated rings. The van der Waals surface area contributed by atoms with Gasteiger partial charge in [0.05, 0.1) is 6.54 Å². The van der Waals surface area contributed by atoms with E-state index < -0.39 is 5.41 Å². The molecule has 1 N–H and O–H groups in total. The average Bonchev–Trinajstić information content (AvgIpc) is 3.61. The van der Waals surface area contributed by atoms with Crippen LogP contribution in [0.15, 0.2) is 79.3 Å². The Hall–Kier alpha value is -4.92. The Morgan fingerprint density at radius 1 is 0.946 bits per heavy atom. The number of amides is 2. The van der Waals surface area contributed by atoms with Gasteiger partial charge in [-0.15, -0.1) is 0 Å². The summed E-state index contributed by atoms with van der Waals surface area (Å²) < 4.78 is 17.2. The highest BCUT2D eigenvalue weighted by atomic mass is 16.7. The summed E-state index contributed by atoms with van der Waals surface area (Å²) in [5.74, 6) is 1.88. The molecule has 0 saturated carbocycles. The highest BCUT2D eigenvalue weighted by molar-refractivity contribution is 6.11. The third-order valence-corrected chi connectivity index (χ3v) is 7.00. The van der Waals surface area contributed by atoms with Gasteiger partial charge in [-0.2, -0.15) is 0 Å². The van der Waals surface area contributed by atoms with Crippen molar-refractivity contribution in [1.29, 1.82) is 0 Å². The molecule has 9 heteroatoms. The van der Waals surface area contributed by atoms with Gasteiger partial charge >= 0.3 is 0 Å². The summed E-state index contributed by atoms with van der Waals surface area (Å²) in [6, 6.07) is 20.3. The number of nitrogens with zero attached hydrogens (tertiary/aromatic N) is 3. The summed E-state index contributed by atoms with van der Waals surface area (Å²) in [5, 5.41) is 2.77. The number of carbonyl (C=O) groups excluding carboxylic acids is 2. The molecule has 37 heavy (non-hydrogen) atoms. The molecule has 9 nitrogen and oxygen atoms in total.